The predicted octanol–water partition coefficient (Wildman–Crippen LogP) is 5.33. The standard InChI is InChI=1S/C22H26N4O2/c23-15-19-21(16-10-9-11-17(14-16)26(27)28)18-12-7-5-3-1-2-4-6-8-13-20(18)25-22(19)24/h9-11,14H,1-8,12-13H2,(H2,24,25). The zero-order valence-electron chi connectivity index (χ0n) is 16.1. The maximum absolute atomic E-state index is 11.3. The third-order valence-corrected chi connectivity index (χ3v) is 5.46. The van der Waals surface area contributed by atoms with Crippen molar-refractivity contribution in [1.82, 2.24) is 4.98 Å². The Balaban J connectivity index is 2.15. The van der Waals surface area contributed by atoms with E-state index in [-0.39, 0.29) is 11.5 Å². The van der Waals surface area contributed by atoms with Gasteiger partial charge in [-0.1, -0.05) is 50.7 Å². The lowest BCUT2D eigenvalue weighted by molar-refractivity contribution is -0.384. The molecular weight excluding hydrogens is 352 g/mol. The number of nitriles is 1. The van der Waals surface area contributed by atoms with Crippen LogP contribution in [0, 0.1) is 21.4 Å². The quantitative estimate of drug-likeness (QED) is 0.561. The van der Waals surface area contributed by atoms with Gasteiger partial charge in [0.2, 0.25) is 0 Å². The van der Waals surface area contributed by atoms with Crippen molar-refractivity contribution < 1.29 is 4.92 Å². The summed E-state index contributed by atoms with van der Waals surface area (Å²) in [5, 5.41) is 21.0. The van der Waals surface area contributed by atoms with E-state index < -0.39 is 4.92 Å². The lowest BCUT2D eigenvalue weighted by Gasteiger charge is -2.18. The fourth-order valence-electron chi connectivity index (χ4n) is 4.03. The summed E-state index contributed by atoms with van der Waals surface area (Å²) in [6.07, 6.45) is 11.0. The Morgan fingerprint density at radius 3 is 2.32 bits per heavy atom. The van der Waals surface area contributed by atoms with E-state index in [9.17, 15) is 15.4 Å². The lowest BCUT2D eigenvalue weighted by atomic mass is 9.89. The molecule has 0 spiro atoms. The van der Waals surface area contributed by atoms with Crippen molar-refractivity contribution in [3.63, 3.8) is 0 Å². The molecule has 146 valence electrons. The minimum atomic E-state index is -0.410. The molecule has 6 nitrogen and oxygen atoms in total. The van der Waals surface area contributed by atoms with Gasteiger partial charge >= 0.3 is 0 Å². The Bertz CT molecular complexity index is 902. The van der Waals surface area contributed by atoms with E-state index in [0.29, 0.717) is 11.1 Å². The molecule has 0 amide bonds. The van der Waals surface area contributed by atoms with E-state index in [1.807, 2.05) is 6.07 Å². The molecule has 6 heteroatoms. The van der Waals surface area contributed by atoms with Crippen molar-refractivity contribution in [3.05, 3.63) is 51.2 Å². The number of nitro benzene ring substituents is 1. The molecule has 0 fully saturated rings. The first-order chi connectivity index (χ1) is 13.6. The van der Waals surface area contributed by atoms with Crippen LogP contribution in [-0.4, -0.2) is 9.91 Å². The molecule has 28 heavy (non-hydrogen) atoms. The fourth-order valence-corrected chi connectivity index (χ4v) is 4.03. The topological polar surface area (TPSA) is 106 Å². The van der Waals surface area contributed by atoms with Gasteiger partial charge in [-0.2, -0.15) is 5.26 Å². The van der Waals surface area contributed by atoms with Crippen LogP contribution in [0.25, 0.3) is 11.1 Å². The summed E-state index contributed by atoms with van der Waals surface area (Å²) in [6.45, 7) is 0. The molecule has 1 aliphatic rings. The summed E-state index contributed by atoms with van der Waals surface area (Å²) < 4.78 is 0. The van der Waals surface area contributed by atoms with Crippen LogP contribution in [0.3, 0.4) is 0 Å². The number of fused-ring (bicyclic) bond motifs is 1. The first-order valence-electron chi connectivity index (χ1n) is 10.1. The number of nitrogens with zero attached hydrogens (tertiary/aromatic N) is 3. The summed E-state index contributed by atoms with van der Waals surface area (Å²) >= 11 is 0. The summed E-state index contributed by atoms with van der Waals surface area (Å²) in [7, 11) is 0. The number of rotatable bonds is 2. The number of anilines is 1. The normalized spacial score (nSPS) is 15.5. The smallest absolute Gasteiger partial charge is 0.270 e. The van der Waals surface area contributed by atoms with Crippen molar-refractivity contribution in [2.24, 2.45) is 0 Å². The molecular formula is C22H26N4O2. The summed E-state index contributed by atoms with van der Waals surface area (Å²) in [5.41, 5.74) is 9.85. The number of hydrogen-bond donors (Lipinski definition) is 1. The average Bonchev–Trinajstić information content (AvgIpc) is 2.68. The molecule has 2 N–H and O–H groups in total. The number of aromatic nitrogens is 1. The van der Waals surface area contributed by atoms with Gasteiger partial charge in [0.25, 0.3) is 5.69 Å². The fraction of sp³-hybridized carbons (Fsp3) is 0.455. The lowest BCUT2D eigenvalue weighted by Crippen LogP contribution is -2.09. The van der Waals surface area contributed by atoms with Crippen LogP contribution in [0.4, 0.5) is 11.5 Å². The highest BCUT2D eigenvalue weighted by atomic mass is 16.6. The van der Waals surface area contributed by atoms with Gasteiger partial charge in [0.1, 0.15) is 17.5 Å². The maximum Gasteiger partial charge on any atom is 0.270 e. The number of pyridine rings is 1. The molecule has 0 atom stereocenters. The molecule has 0 radical (unpaired) electrons. The van der Waals surface area contributed by atoms with Crippen molar-refractivity contribution >= 4 is 11.5 Å². The Kier molecular flexibility index (Phi) is 6.59. The highest BCUT2D eigenvalue weighted by molar-refractivity contribution is 5.80. The molecule has 0 bridgehead atoms. The van der Waals surface area contributed by atoms with Crippen LogP contribution >= 0.6 is 0 Å². The van der Waals surface area contributed by atoms with Gasteiger partial charge in [-0.3, -0.25) is 10.1 Å². The molecule has 3 rings (SSSR count). The van der Waals surface area contributed by atoms with Crippen LogP contribution in [0.5, 0.6) is 0 Å². The summed E-state index contributed by atoms with van der Waals surface area (Å²) in [4.78, 5) is 15.4. The van der Waals surface area contributed by atoms with Gasteiger partial charge in [0.15, 0.2) is 0 Å². The first kappa shape index (κ1) is 19.8. The van der Waals surface area contributed by atoms with Crippen LogP contribution in [-0.2, 0) is 12.8 Å². The monoisotopic (exact) mass is 378 g/mol. The predicted molar refractivity (Wildman–Crippen MR) is 110 cm³/mol. The Morgan fingerprint density at radius 1 is 1.04 bits per heavy atom. The number of non-ortho nitro benzene ring substituents is 1. The minimum absolute atomic E-state index is 0.0127. The van der Waals surface area contributed by atoms with Gasteiger partial charge in [0, 0.05) is 23.4 Å². The number of nitrogens with two attached hydrogens (primary N) is 1. The van der Waals surface area contributed by atoms with Gasteiger partial charge < -0.3 is 5.73 Å². The van der Waals surface area contributed by atoms with E-state index in [4.69, 9.17) is 5.73 Å². The molecule has 2 aromatic rings. The number of benzene rings is 1. The highest BCUT2D eigenvalue weighted by Gasteiger charge is 2.21. The Morgan fingerprint density at radius 2 is 1.68 bits per heavy atom. The number of hydrogen-bond acceptors (Lipinski definition) is 5. The third-order valence-electron chi connectivity index (χ3n) is 5.46. The van der Waals surface area contributed by atoms with Crippen LogP contribution in [0.15, 0.2) is 24.3 Å². The molecule has 0 aliphatic heterocycles. The van der Waals surface area contributed by atoms with Gasteiger partial charge in [0.05, 0.1) is 4.92 Å². The molecule has 0 saturated heterocycles. The van der Waals surface area contributed by atoms with E-state index >= 15 is 0 Å². The SMILES string of the molecule is N#Cc1c(N)nc2c(c1-c1cccc([N+](=O)[O-])c1)CCCCCCCCCC2. The van der Waals surface area contributed by atoms with E-state index in [2.05, 4.69) is 11.1 Å². The summed E-state index contributed by atoms with van der Waals surface area (Å²) in [5.74, 6) is 0.217. The first-order valence-corrected chi connectivity index (χ1v) is 10.1. The van der Waals surface area contributed by atoms with E-state index in [1.165, 1.54) is 37.8 Å². The van der Waals surface area contributed by atoms with Crippen LogP contribution in [0.2, 0.25) is 0 Å². The third kappa shape index (κ3) is 4.48. The van der Waals surface area contributed by atoms with Crippen molar-refractivity contribution in [1.29, 1.82) is 5.26 Å². The largest absolute Gasteiger partial charge is 0.383 e. The van der Waals surface area contributed by atoms with Gasteiger partial charge in [-0.25, -0.2) is 4.98 Å². The van der Waals surface area contributed by atoms with Crippen LogP contribution in [0.1, 0.15) is 68.2 Å². The second-order valence-electron chi connectivity index (χ2n) is 7.42. The summed E-state index contributed by atoms with van der Waals surface area (Å²) in [6, 6.07) is 8.67. The molecule has 1 aromatic carbocycles. The zero-order valence-corrected chi connectivity index (χ0v) is 16.1. The molecule has 0 saturated carbocycles. The maximum atomic E-state index is 11.3. The molecule has 1 heterocycles. The van der Waals surface area contributed by atoms with Crippen molar-refractivity contribution in [2.45, 2.75) is 64.2 Å². The Hall–Kier alpha value is -2.94. The van der Waals surface area contributed by atoms with Crippen molar-refractivity contribution in [3.8, 4) is 17.2 Å². The average molecular weight is 378 g/mol. The number of nitrogen functional groups attached to an aromatic ring is 1. The highest BCUT2D eigenvalue weighted by Crippen LogP contribution is 2.35. The Labute approximate surface area is 165 Å². The van der Waals surface area contributed by atoms with E-state index in [1.54, 1.807) is 6.07 Å². The second-order valence-corrected chi connectivity index (χ2v) is 7.42. The van der Waals surface area contributed by atoms with E-state index in [0.717, 1.165) is 55.3 Å². The molecule has 0 unspecified atom stereocenters. The number of aryl methyl sites for hydroxylation is 1. The zero-order chi connectivity index (χ0) is 19.9. The number of nitro groups is 1. The van der Waals surface area contributed by atoms with Gasteiger partial charge in [-0.15, -0.1) is 0 Å². The molecule has 1 aliphatic carbocycles. The molecule has 1 aromatic heterocycles. The van der Waals surface area contributed by atoms with Gasteiger partial charge in [-0.05, 0) is 36.8 Å². The second kappa shape index (κ2) is 9.32. The van der Waals surface area contributed by atoms with Crippen molar-refractivity contribution in [2.75, 3.05) is 5.73 Å². The minimum Gasteiger partial charge on any atom is -0.383 e. The van der Waals surface area contributed by atoms with Crippen LogP contribution < -0.4 is 5.73 Å².